The fourth-order valence-corrected chi connectivity index (χ4v) is 3.35. The summed E-state index contributed by atoms with van der Waals surface area (Å²) in [6.07, 6.45) is 1.64. The molecule has 3 unspecified atom stereocenters. The Morgan fingerprint density at radius 2 is 1.91 bits per heavy atom. The van der Waals surface area contributed by atoms with Crippen LogP contribution in [0.5, 0.6) is 5.75 Å². The van der Waals surface area contributed by atoms with Crippen LogP contribution in [0.15, 0.2) is 18.2 Å². The van der Waals surface area contributed by atoms with E-state index in [0.29, 0.717) is 11.7 Å². The van der Waals surface area contributed by atoms with E-state index in [-0.39, 0.29) is 11.6 Å². The summed E-state index contributed by atoms with van der Waals surface area (Å²) in [6, 6.07) is 5.70. The van der Waals surface area contributed by atoms with Crippen LogP contribution < -0.4 is 4.52 Å². The molecule has 0 bridgehead atoms. The summed E-state index contributed by atoms with van der Waals surface area (Å²) < 4.78 is 10.8. The van der Waals surface area contributed by atoms with E-state index in [0.717, 1.165) is 24.0 Å². The maximum absolute atomic E-state index is 12.8. The molecule has 0 amide bonds. The molecule has 0 spiro atoms. The molecule has 0 aromatic heterocycles. The second-order valence-electron chi connectivity index (χ2n) is 6.65. The third-order valence-electron chi connectivity index (χ3n) is 4.53. The Morgan fingerprint density at radius 3 is 2.50 bits per heavy atom. The highest BCUT2D eigenvalue weighted by Crippen LogP contribution is 2.46. The van der Waals surface area contributed by atoms with Crippen molar-refractivity contribution in [2.45, 2.75) is 57.2 Å². The molecule has 3 rings (SSSR count). The van der Waals surface area contributed by atoms with Gasteiger partial charge in [-0.05, 0) is 62.8 Å². The Morgan fingerprint density at radius 1 is 1.23 bits per heavy atom. The Bertz CT molecular complexity index is 634. The van der Waals surface area contributed by atoms with Crippen molar-refractivity contribution in [2.75, 3.05) is 0 Å². The number of ether oxygens (including phenoxy) is 1. The minimum absolute atomic E-state index is 0.160. The van der Waals surface area contributed by atoms with Crippen molar-refractivity contribution in [3.8, 4) is 5.75 Å². The first-order valence-corrected chi connectivity index (χ1v) is 8.08. The molecule has 118 valence electrons. The molecule has 22 heavy (non-hydrogen) atoms. The summed E-state index contributed by atoms with van der Waals surface area (Å²) in [7, 11) is 2.20. The predicted octanol–water partition coefficient (Wildman–Crippen LogP) is 3.15. The third-order valence-corrected chi connectivity index (χ3v) is 4.81. The molecule has 0 N–H and O–H groups in total. The standard InChI is InChI=1S/C17H21O4P/c1-9-15(18)14(16(19)17(2,3)20-9)13-8-11(21-22)6-7-12(13)10-4-5-10/h6-10,14H,4-5,22H2,1-3H3. The number of ketones is 2. The Hall–Kier alpha value is -1.25. The number of carbonyl (C=O) groups is 2. The predicted molar refractivity (Wildman–Crippen MR) is 86.1 cm³/mol. The zero-order chi connectivity index (χ0) is 16.1. The van der Waals surface area contributed by atoms with E-state index in [9.17, 15) is 9.59 Å². The van der Waals surface area contributed by atoms with Crippen LogP contribution in [0, 0.1) is 0 Å². The number of Topliss-reactive ketones (excluding diaryl/α,β-unsaturated/α-hetero) is 2. The fraction of sp³-hybridized carbons (Fsp3) is 0.529. The lowest BCUT2D eigenvalue weighted by atomic mass is 9.77. The van der Waals surface area contributed by atoms with E-state index in [2.05, 4.69) is 9.47 Å². The lowest BCUT2D eigenvalue weighted by Gasteiger charge is -2.37. The van der Waals surface area contributed by atoms with Crippen LogP contribution >= 0.6 is 9.47 Å². The van der Waals surface area contributed by atoms with Gasteiger partial charge in [-0.3, -0.25) is 9.59 Å². The first kappa shape index (κ1) is 15.6. The van der Waals surface area contributed by atoms with E-state index in [4.69, 9.17) is 9.26 Å². The van der Waals surface area contributed by atoms with Gasteiger partial charge in [0.15, 0.2) is 11.6 Å². The molecular weight excluding hydrogens is 299 g/mol. The highest BCUT2D eigenvalue weighted by Gasteiger charge is 2.48. The van der Waals surface area contributed by atoms with Crippen molar-refractivity contribution in [1.29, 1.82) is 0 Å². The number of rotatable bonds is 3. The average Bonchev–Trinajstić information content (AvgIpc) is 3.30. The first-order valence-electron chi connectivity index (χ1n) is 7.61. The number of benzene rings is 1. The van der Waals surface area contributed by atoms with Crippen molar-refractivity contribution < 1.29 is 18.8 Å². The van der Waals surface area contributed by atoms with Crippen LogP contribution in [-0.2, 0) is 14.3 Å². The van der Waals surface area contributed by atoms with Crippen LogP contribution in [0.25, 0.3) is 0 Å². The SMILES string of the molecule is CC1OC(C)(C)C(=O)C(c2cc(OP)ccc2C2CC2)C1=O. The van der Waals surface area contributed by atoms with Crippen molar-refractivity contribution in [3.05, 3.63) is 29.3 Å². The summed E-state index contributed by atoms with van der Waals surface area (Å²) >= 11 is 0. The lowest BCUT2D eigenvalue weighted by Crippen LogP contribution is -2.52. The summed E-state index contributed by atoms with van der Waals surface area (Å²) in [5, 5.41) is 0. The van der Waals surface area contributed by atoms with Gasteiger partial charge in [-0.15, -0.1) is 0 Å². The quantitative estimate of drug-likeness (QED) is 0.634. The topological polar surface area (TPSA) is 52.6 Å². The molecule has 1 aliphatic heterocycles. The first-order chi connectivity index (χ1) is 10.3. The van der Waals surface area contributed by atoms with Gasteiger partial charge in [0, 0.05) is 0 Å². The van der Waals surface area contributed by atoms with Gasteiger partial charge in [0.25, 0.3) is 0 Å². The molecule has 3 atom stereocenters. The second kappa shape index (κ2) is 5.43. The molecule has 0 radical (unpaired) electrons. The van der Waals surface area contributed by atoms with E-state index < -0.39 is 17.6 Å². The number of hydrogen-bond donors (Lipinski definition) is 0. The molecule has 1 aliphatic carbocycles. The second-order valence-corrected chi connectivity index (χ2v) is 6.89. The van der Waals surface area contributed by atoms with Gasteiger partial charge >= 0.3 is 0 Å². The Balaban J connectivity index is 2.11. The van der Waals surface area contributed by atoms with Gasteiger partial charge in [-0.25, -0.2) is 0 Å². The van der Waals surface area contributed by atoms with Crippen molar-refractivity contribution in [3.63, 3.8) is 0 Å². The van der Waals surface area contributed by atoms with Gasteiger partial charge < -0.3 is 9.26 Å². The lowest BCUT2D eigenvalue weighted by molar-refractivity contribution is -0.168. The smallest absolute Gasteiger partial charge is 0.179 e. The van der Waals surface area contributed by atoms with Gasteiger partial charge in [0.2, 0.25) is 0 Å². The van der Waals surface area contributed by atoms with E-state index in [1.165, 1.54) is 0 Å². The van der Waals surface area contributed by atoms with Crippen LogP contribution in [0.2, 0.25) is 0 Å². The zero-order valence-electron chi connectivity index (χ0n) is 13.1. The monoisotopic (exact) mass is 320 g/mol. The van der Waals surface area contributed by atoms with E-state index >= 15 is 0 Å². The fourth-order valence-electron chi connectivity index (χ4n) is 3.21. The van der Waals surface area contributed by atoms with Crippen molar-refractivity contribution in [2.24, 2.45) is 0 Å². The normalized spacial score (nSPS) is 27.8. The summed E-state index contributed by atoms with van der Waals surface area (Å²) in [5.74, 6) is 0.0114. The Labute approximate surface area is 132 Å². The van der Waals surface area contributed by atoms with E-state index in [1.54, 1.807) is 20.8 Å². The van der Waals surface area contributed by atoms with Crippen LogP contribution in [-0.4, -0.2) is 23.3 Å². The highest BCUT2D eigenvalue weighted by atomic mass is 31.0. The molecule has 2 fully saturated rings. The minimum atomic E-state index is -0.948. The molecule has 2 aliphatic rings. The van der Waals surface area contributed by atoms with Gasteiger partial charge in [-0.1, -0.05) is 6.07 Å². The molecule has 1 saturated heterocycles. The maximum atomic E-state index is 12.8. The zero-order valence-corrected chi connectivity index (χ0v) is 14.2. The molecule has 1 aromatic carbocycles. The Kier molecular flexibility index (Phi) is 3.86. The van der Waals surface area contributed by atoms with Gasteiger partial charge in [0.05, 0.1) is 9.47 Å². The number of hydrogen-bond acceptors (Lipinski definition) is 4. The molecule has 1 saturated carbocycles. The molecule has 1 aromatic rings. The van der Waals surface area contributed by atoms with Crippen molar-refractivity contribution >= 4 is 21.0 Å². The van der Waals surface area contributed by atoms with Crippen LogP contribution in [0.1, 0.15) is 56.6 Å². The van der Waals surface area contributed by atoms with Gasteiger partial charge in [-0.2, -0.15) is 0 Å². The summed E-state index contributed by atoms with van der Waals surface area (Å²) in [4.78, 5) is 25.4. The third kappa shape index (κ3) is 2.59. The summed E-state index contributed by atoms with van der Waals surface area (Å²) in [5.41, 5.74) is 0.944. The van der Waals surface area contributed by atoms with E-state index in [1.807, 2.05) is 18.2 Å². The minimum Gasteiger partial charge on any atom is -0.480 e. The van der Waals surface area contributed by atoms with Gasteiger partial charge in [0.1, 0.15) is 23.4 Å². The largest absolute Gasteiger partial charge is 0.480 e. The number of carbonyl (C=O) groups excluding carboxylic acids is 2. The van der Waals surface area contributed by atoms with Crippen molar-refractivity contribution in [1.82, 2.24) is 0 Å². The molecule has 1 heterocycles. The van der Waals surface area contributed by atoms with Crippen LogP contribution in [0.3, 0.4) is 0 Å². The molecule has 4 nitrogen and oxygen atoms in total. The average molecular weight is 320 g/mol. The molecule has 5 heteroatoms. The highest BCUT2D eigenvalue weighted by molar-refractivity contribution is 7.10. The van der Waals surface area contributed by atoms with Crippen LogP contribution in [0.4, 0.5) is 0 Å². The summed E-state index contributed by atoms with van der Waals surface area (Å²) in [6.45, 7) is 5.19. The maximum Gasteiger partial charge on any atom is 0.179 e. The molecular formula is C17H21O4P.